The van der Waals surface area contributed by atoms with Crippen LogP contribution < -0.4 is 0 Å². The second-order valence-corrected chi connectivity index (χ2v) is 3.39. The predicted molar refractivity (Wildman–Crippen MR) is 50.1 cm³/mol. The first-order chi connectivity index (χ1) is 6.81. The molecule has 0 saturated carbocycles. The van der Waals surface area contributed by atoms with E-state index in [9.17, 15) is 9.59 Å². The Bertz CT molecular complexity index is 350. The SMILES string of the molecule is O=COC1=CC(=O)C2C=CC=CC2C1. The molecule has 0 heterocycles. The van der Waals surface area contributed by atoms with Gasteiger partial charge in [0.05, 0.1) is 0 Å². The van der Waals surface area contributed by atoms with E-state index < -0.39 is 0 Å². The molecule has 0 aromatic carbocycles. The minimum absolute atomic E-state index is 0.0127. The van der Waals surface area contributed by atoms with Gasteiger partial charge in [-0.25, -0.2) is 0 Å². The lowest BCUT2D eigenvalue weighted by molar-refractivity contribution is -0.126. The van der Waals surface area contributed by atoms with Crippen LogP contribution in [0.3, 0.4) is 0 Å². The largest absolute Gasteiger partial charge is 0.433 e. The summed E-state index contributed by atoms with van der Waals surface area (Å²) in [6.45, 7) is 0.363. The number of carbonyl (C=O) groups excluding carboxylic acids is 2. The molecule has 0 aromatic heterocycles. The Morgan fingerprint density at radius 3 is 2.93 bits per heavy atom. The highest BCUT2D eigenvalue weighted by Crippen LogP contribution is 2.31. The van der Waals surface area contributed by atoms with Crippen LogP contribution in [-0.4, -0.2) is 12.3 Å². The highest BCUT2D eigenvalue weighted by Gasteiger charge is 2.30. The monoisotopic (exact) mass is 190 g/mol. The molecule has 2 rings (SSSR count). The van der Waals surface area contributed by atoms with Crippen LogP contribution in [0.15, 0.2) is 36.1 Å². The van der Waals surface area contributed by atoms with Crippen LogP contribution in [0.5, 0.6) is 0 Å². The Labute approximate surface area is 81.7 Å². The van der Waals surface area contributed by atoms with Crippen LogP contribution in [0.2, 0.25) is 0 Å². The van der Waals surface area contributed by atoms with Crippen molar-refractivity contribution >= 4 is 12.3 Å². The number of ketones is 1. The molecule has 0 spiro atoms. The molecule has 0 saturated heterocycles. The summed E-state index contributed by atoms with van der Waals surface area (Å²) in [5, 5.41) is 0. The molecule has 2 unspecified atom stereocenters. The standard InChI is InChI=1S/C11H10O3/c12-7-14-9-5-8-3-1-2-4-10(8)11(13)6-9/h1-4,6-8,10H,5H2. The lowest BCUT2D eigenvalue weighted by Crippen LogP contribution is -2.26. The molecule has 0 aliphatic heterocycles. The Morgan fingerprint density at radius 2 is 2.14 bits per heavy atom. The summed E-state index contributed by atoms with van der Waals surface area (Å²) in [5.41, 5.74) is 0. The van der Waals surface area contributed by atoms with Crippen LogP contribution in [-0.2, 0) is 14.3 Å². The van der Waals surface area contributed by atoms with Crippen molar-refractivity contribution in [1.82, 2.24) is 0 Å². The van der Waals surface area contributed by atoms with E-state index in [0.717, 1.165) is 0 Å². The zero-order chi connectivity index (χ0) is 9.97. The lowest BCUT2D eigenvalue weighted by atomic mass is 9.79. The molecule has 3 nitrogen and oxygen atoms in total. The average molecular weight is 190 g/mol. The Kier molecular flexibility index (Phi) is 2.31. The fourth-order valence-electron chi connectivity index (χ4n) is 1.84. The molecule has 3 heteroatoms. The molecule has 0 N–H and O–H groups in total. The number of hydrogen-bond donors (Lipinski definition) is 0. The first-order valence-corrected chi connectivity index (χ1v) is 4.51. The molecule has 14 heavy (non-hydrogen) atoms. The van der Waals surface area contributed by atoms with Gasteiger partial charge in [0.25, 0.3) is 6.47 Å². The van der Waals surface area contributed by atoms with Crippen molar-refractivity contribution in [3.05, 3.63) is 36.1 Å². The molecule has 2 aliphatic rings. The van der Waals surface area contributed by atoms with E-state index in [0.29, 0.717) is 18.7 Å². The number of carbonyl (C=O) groups is 2. The molecule has 0 amide bonds. The van der Waals surface area contributed by atoms with Crippen molar-refractivity contribution in [3.8, 4) is 0 Å². The lowest BCUT2D eigenvalue weighted by Gasteiger charge is -2.26. The number of allylic oxidation sites excluding steroid dienone is 6. The van der Waals surface area contributed by atoms with Crippen molar-refractivity contribution in [2.45, 2.75) is 6.42 Å². The van der Waals surface area contributed by atoms with Gasteiger partial charge in [-0.15, -0.1) is 0 Å². The van der Waals surface area contributed by atoms with Gasteiger partial charge in [-0.1, -0.05) is 24.3 Å². The average Bonchev–Trinajstić information content (AvgIpc) is 2.18. The van der Waals surface area contributed by atoms with Gasteiger partial charge in [-0.2, -0.15) is 0 Å². The highest BCUT2D eigenvalue weighted by molar-refractivity contribution is 5.95. The molecule has 0 fully saturated rings. The minimum atomic E-state index is -0.0704. The topological polar surface area (TPSA) is 43.4 Å². The summed E-state index contributed by atoms with van der Waals surface area (Å²) in [6.07, 6.45) is 9.69. The smallest absolute Gasteiger partial charge is 0.298 e. The Balaban J connectivity index is 2.22. The van der Waals surface area contributed by atoms with Gasteiger partial charge >= 0.3 is 0 Å². The molecular weight excluding hydrogens is 180 g/mol. The fraction of sp³-hybridized carbons (Fsp3) is 0.273. The van der Waals surface area contributed by atoms with E-state index in [1.165, 1.54) is 6.08 Å². The predicted octanol–water partition coefficient (Wildman–Crippen LogP) is 1.37. The summed E-state index contributed by atoms with van der Waals surface area (Å²) in [5.74, 6) is 0.552. The van der Waals surface area contributed by atoms with E-state index in [-0.39, 0.29) is 17.6 Å². The Hall–Kier alpha value is -1.64. The second-order valence-electron chi connectivity index (χ2n) is 3.39. The Morgan fingerprint density at radius 1 is 1.36 bits per heavy atom. The van der Waals surface area contributed by atoms with Gasteiger partial charge in [-0.05, 0) is 5.92 Å². The molecule has 0 radical (unpaired) electrons. The first kappa shape index (κ1) is 8.94. The van der Waals surface area contributed by atoms with Crippen molar-refractivity contribution in [2.24, 2.45) is 11.8 Å². The van der Waals surface area contributed by atoms with E-state index in [1.54, 1.807) is 0 Å². The van der Waals surface area contributed by atoms with Gasteiger partial charge in [0, 0.05) is 18.4 Å². The maximum absolute atomic E-state index is 11.6. The summed E-state index contributed by atoms with van der Waals surface area (Å²) in [4.78, 5) is 21.7. The van der Waals surface area contributed by atoms with Gasteiger partial charge in [0.1, 0.15) is 5.76 Å². The van der Waals surface area contributed by atoms with Crippen LogP contribution in [0.25, 0.3) is 0 Å². The summed E-state index contributed by atoms with van der Waals surface area (Å²) in [7, 11) is 0. The van der Waals surface area contributed by atoms with Gasteiger partial charge < -0.3 is 4.74 Å². The van der Waals surface area contributed by atoms with Crippen LogP contribution in [0.4, 0.5) is 0 Å². The van der Waals surface area contributed by atoms with Crippen LogP contribution >= 0.6 is 0 Å². The van der Waals surface area contributed by atoms with Gasteiger partial charge in [0.15, 0.2) is 5.78 Å². The highest BCUT2D eigenvalue weighted by atomic mass is 16.5. The minimum Gasteiger partial charge on any atom is -0.433 e. The normalized spacial score (nSPS) is 29.4. The summed E-state index contributed by atoms with van der Waals surface area (Å²) in [6, 6.07) is 0. The van der Waals surface area contributed by atoms with Crippen molar-refractivity contribution in [3.63, 3.8) is 0 Å². The van der Waals surface area contributed by atoms with Crippen molar-refractivity contribution in [2.75, 3.05) is 0 Å². The van der Waals surface area contributed by atoms with Crippen LogP contribution in [0, 0.1) is 11.8 Å². The quantitative estimate of drug-likeness (QED) is 0.618. The van der Waals surface area contributed by atoms with E-state index >= 15 is 0 Å². The van der Waals surface area contributed by atoms with E-state index in [1.807, 2.05) is 24.3 Å². The maximum atomic E-state index is 11.6. The summed E-state index contributed by atoms with van der Waals surface area (Å²) >= 11 is 0. The van der Waals surface area contributed by atoms with Crippen LogP contribution in [0.1, 0.15) is 6.42 Å². The third-order valence-electron chi connectivity index (χ3n) is 2.52. The van der Waals surface area contributed by atoms with Crippen molar-refractivity contribution in [1.29, 1.82) is 0 Å². The number of rotatable bonds is 2. The summed E-state index contributed by atoms with van der Waals surface area (Å²) < 4.78 is 4.70. The van der Waals surface area contributed by atoms with Gasteiger partial charge in [-0.3, -0.25) is 9.59 Å². The number of fused-ring (bicyclic) bond motifs is 1. The first-order valence-electron chi connectivity index (χ1n) is 4.51. The molecule has 2 aliphatic carbocycles. The fourth-order valence-corrected chi connectivity index (χ4v) is 1.84. The number of ether oxygens (including phenoxy) is 1. The molecular formula is C11H10O3. The van der Waals surface area contributed by atoms with Crippen molar-refractivity contribution < 1.29 is 14.3 Å². The maximum Gasteiger partial charge on any atom is 0.298 e. The third kappa shape index (κ3) is 1.53. The molecule has 72 valence electrons. The second kappa shape index (κ2) is 3.62. The van der Waals surface area contributed by atoms with E-state index in [2.05, 4.69) is 0 Å². The number of hydrogen-bond acceptors (Lipinski definition) is 3. The van der Waals surface area contributed by atoms with E-state index in [4.69, 9.17) is 4.74 Å². The molecule has 0 aromatic rings. The molecule has 2 atom stereocenters. The zero-order valence-corrected chi connectivity index (χ0v) is 7.55. The zero-order valence-electron chi connectivity index (χ0n) is 7.55. The third-order valence-corrected chi connectivity index (χ3v) is 2.52. The van der Waals surface area contributed by atoms with Gasteiger partial charge in [0.2, 0.25) is 0 Å². The molecule has 0 bridgehead atoms.